The molecular formula is C57H46N4O. The highest BCUT2D eigenvalue weighted by Gasteiger charge is 2.33. The number of allylic oxidation sites excluding steroid dienone is 5. The molecule has 0 bridgehead atoms. The number of fused-ring (bicyclic) bond motifs is 4. The van der Waals surface area contributed by atoms with Gasteiger partial charge in [-0.15, -0.1) is 0 Å². The molecule has 5 heteroatoms. The number of benzene rings is 7. The molecule has 1 aliphatic carbocycles. The lowest BCUT2D eigenvalue weighted by atomic mass is 9.80. The summed E-state index contributed by atoms with van der Waals surface area (Å²) in [5.41, 5.74) is 15.4. The first-order valence-electron chi connectivity index (χ1n) is 21.6. The van der Waals surface area contributed by atoms with E-state index in [0.717, 1.165) is 74.0 Å². The molecule has 7 aromatic carbocycles. The lowest BCUT2D eigenvalue weighted by Crippen LogP contribution is -2.45. The van der Waals surface area contributed by atoms with Gasteiger partial charge in [0.05, 0.1) is 17.6 Å². The van der Waals surface area contributed by atoms with Crippen molar-refractivity contribution in [1.82, 2.24) is 16.0 Å². The first kappa shape index (κ1) is 37.7. The maximum Gasteiger partial charge on any atom is 0.135 e. The lowest BCUT2D eigenvalue weighted by Gasteiger charge is -2.39. The van der Waals surface area contributed by atoms with Crippen molar-refractivity contribution in [3.63, 3.8) is 0 Å². The van der Waals surface area contributed by atoms with E-state index < -0.39 is 0 Å². The van der Waals surface area contributed by atoms with Gasteiger partial charge in [0.15, 0.2) is 0 Å². The van der Waals surface area contributed by atoms with E-state index in [1.165, 1.54) is 27.8 Å². The third kappa shape index (κ3) is 7.01. The number of rotatable bonds is 8. The molecular weight excluding hydrogens is 757 g/mol. The first-order chi connectivity index (χ1) is 30.7. The van der Waals surface area contributed by atoms with Crippen molar-refractivity contribution in [3.8, 4) is 0 Å². The van der Waals surface area contributed by atoms with Crippen LogP contribution in [-0.4, -0.2) is 5.71 Å². The van der Waals surface area contributed by atoms with Gasteiger partial charge in [0.1, 0.15) is 11.2 Å². The summed E-state index contributed by atoms with van der Waals surface area (Å²) in [6, 6.07) is 64.2. The smallest absolute Gasteiger partial charge is 0.135 e. The van der Waals surface area contributed by atoms with Crippen LogP contribution in [0.5, 0.6) is 0 Å². The highest BCUT2D eigenvalue weighted by Crippen LogP contribution is 2.44. The fraction of sp³-hybridized carbons (Fsp3) is 0.105. The molecule has 300 valence electrons. The lowest BCUT2D eigenvalue weighted by molar-refractivity contribution is 0.248. The van der Waals surface area contributed by atoms with E-state index in [0.29, 0.717) is 5.71 Å². The Kier molecular flexibility index (Phi) is 9.89. The van der Waals surface area contributed by atoms with E-state index in [-0.39, 0.29) is 24.2 Å². The van der Waals surface area contributed by atoms with Crippen LogP contribution in [-0.2, 0) is 0 Å². The van der Waals surface area contributed by atoms with Crippen LogP contribution in [0.4, 0.5) is 0 Å². The Hall–Kier alpha value is -7.31. The molecule has 0 radical (unpaired) electrons. The molecule has 4 unspecified atom stereocenters. The van der Waals surface area contributed by atoms with E-state index in [1.807, 2.05) is 48.5 Å². The molecule has 1 aromatic heterocycles. The van der Waals surface area contributed by atoms with Crippen LogP contribution in [0.2, 0.25) is 0 Å². The van der Waals surface area contributed by atoms with Gasteiger partial charge in [0.2, 0.25) is 0 Å². The van der Waals surface area contributed by atoms with E-state index >= 15 is 0 Å². The summed E-state index contributed by atoms with van der Waals surface area (Å²) in [5, 5.41) is 24.1. The fourth-order valence-electron chi connectivity index (χ4n) is 9.67. The van der Waals surface area contributed by atoms with Crippen LogP contribution in [0.25, 0.3) is 38.8 Å². The van der Waals surface area contributed by atoms with Gasteiger partial charge in [0.25, 0.3) is 0 Å². The SMILES string of the molecule is N=C(/C(=C1\NC(C2C=CC=CC2)=C(c2cccc(C3CC(c4ccc5oc6ccccc6c5c4)NC(c4ccccc4)N3)c2)c2ccccc21)c1ccccc1)c1ccccc1. The second kappa shape index (κ2) is 16.3. The summed E-state index contributed by atoms with van der Waals surface area (Å²) in [6.07, 6.45) is 10.5. The summed E-state index contributed by atoms with van der Waals surface area (Å²) >= 11 is 0. The fourth-order valence-corrected chi connectivity index (χ4v) is 9.67. The zero-order valence-corrected chi connectivity index (χ0v) is 34.3. The minimum absolute atomic E-state index is 0.0584. The molecule has 0 saturated carbocycles. The predicted octanol–water partition coefficient (Wildman–Crippen LogP) is 13.1. The van der Waals surface area contributed by atoms with Crippen LogP contribution in [0.15, 0.2) is 216 Å². The molecule has 3 aliphatic rings. The van der Waals surface area contributed by atoms with Crippen molar-refractivity contribution in [3.05, 3.63) is 256 Å². The van der Waals surface area contributed by atoms with Crippen LogP contribution in [0.3, 0.4) is 0 Å². The predicted molar refractivity (Wildman–Crippen MR) is 254 cm³/mol. The van der Waals surface area contributed by atoms with E-state index in [4.69, 9.17) is 4.42 Å². The van der Waals surface area contributed by atoms with Gasteiger partial charge >= 0.3 is 0 Å². The number of hydrogen-bond acceptors (Lipinski definition) is 5. The largest absolute Gasteiger partial charge is 0.456 e. The summed E-state index contributed by atoms with van der Waals surface area (Å²) in [5.74, 6) is 0.114. The zero-order chi connectivity index (χ0) is 41.4. The molecule has 1 saturated heterocycles. The van der Waals surface area contributed by atoms with Gasteiger partial charge in [-0.2, -0.15) is 0 Å². The van der Waals surface area contributed by atoms with Crippen molar-refractivity contribution in [1.29, 1.82) is 5.41 Å². The molecule has 0 spiro atoms. The Morgan fingerprint density at radius 2 is 1.19 bits per heavy atom. The van der Waals surface area contributed by atoms with Crippen LogP contribution >= 0.6 is 0 Å². The minimum Gasteiger partial charge on any atom is -0.456 e. The van der Waals surface area contributed by atoms with Crippen LogP contribution in [0.1, 0.15) is 75.6 Å². The second-order valence-corrected chi connectivity index (χ2v) is 16.5. The Morgan fingerprint density at radius 1 is 0.548 bits per heavy atom. The van der Waals surface area contributed by atoms with Gasteiger partial charge in [0, 0.05) is 56.7 Å². The summed E-state index contributed by atoms with van der Waals surface area (Å²) in [4.78, 5) is 0. The molecule has 11 rings (SSSR count). The maximum atomic E-state index is 9.74. The quantitative estimate of drug-likeness (QED) is 0.115. The van der Waals surface area contributed by atoms with Gasteiger partial charge in [-0.3, -0.25) is 16.0 Å². The summed E-state index contributed by atoms with van der Waals surface area (Å²) < 4.78 is 6.23. The van der Waals surface area contributed by atoms with Crippen molar-refractivity contribution in [2.75, 3.05) is 0 Å². The topological polar surface area (TPSA) is 73.1 Å². The van der Waals surface area contributed by atoms with E-state index in [1.54, 1.807) is 0 Å². The Morgan fingerprint density at radius 3 is 1.95 bits per heavy atom. The van der Waals surface area contributed by atoms with Gasteiger partial charge in [-0.25, -0.2) is 0 Å². The number of para-hydroxylation sites is 1. The Balaban J connectivity index is 1.04. The highest BCUT2D eigenvalue weighted by atomic mass is 16.3. The van der Waals surface area contributed by atoms with Crippen molar-refractivity contribution in [2.45, 2.75) is 31.1 Å². The monoisotopic (exact) mass is 802 g/mol. The average Bonchev–Trinajstić information content (AvgIpc) is 3.73. The second-order valence-electron chi connectivity index (χ2n) is 16.5. The number of hydrogen-bond donors (Lipinski definition) is 4. The molecule has 8 aromatic rings. The summed E-state index contributed by atoms with van der Waals surface area (Å²) in [6.45, 7) is 0. The molecule has 4 N–H and O–H groups in total. The molecule has 4 atom stereocenters. The molecule has 0 amide bonds. The normalized spacial score (nSPS) is 20.5. The average molecular weight is 803 g/mol. The van der Waals surface area contributed by atoms with Gasteiger partial charge in [-0.1, -0.05) is 182 Å². The molecule has 3 heterocycles. The Bertz CT molecular complexity index is 3080. The van der Waals surface area contributed by atoms with E-state index in [2.05, 4.69) is 174 Å². The molecule has 1 fully saturated rings. The molecule has 5 nitrogen and oxygen atoms in total. The van der Waals surface area contributed by atoms with Crippen molar-refractivity contribution >= 4 is 44.5 Å². The maximum absolute atomic E-state index is 9.74. The standard InChI is InChI=1S/C57H46N4O/c58-54(38-20-7-2-8-21-38)53(37-18-5-1-6-19-37)56-46-30-14-13-29-45(46)52(55(61-56)39-22-9-3-10-23-39)43-27-17-26-41(34-43)48-36-49(60-57(59-48)40-24-11-4-12-25-40)42-32-33-51-47(35-42)44-28-15-16-31-50(44)62-51/h1-22,24-35,39,48-49,57-61H,23,36H2/b56-53-,58-54?. The molecule has 2 aliphatic heterocycles. The van der Waals surface area contributed by atoms with Crippen LogP contribution in [0, 0.1) is 11.3 Å². The third-order valence-electron chi connectivity index (χ3n) is 12.7. The Labute approximate surface area is 362 Å². The number of nitrogens with one attached hydrogen (secondary N) is 4. The zero-order valence-electron chi connectivity index (χ0n) is 34.3. The number of furan rings is 1. The molecule has 62 heavy (non-hydrogen) atoms. The van der Waals surface area contributed by atoms with E-state index in [9.17, 15) is 5.41 Å². The van der Waals surface area contributed by atoms with Gasteiger partial charge < -0.3 is 9.73 Å². The third-order valence-corrected chi connectivity index (χ3v) is 12.7. The minimum atomic E-state index is -0.0598. The van der Waals surface area contributed by atoms with Crippen molar-refractivity contribution < 1.29 is 4.42 Å². The van der Waals surface area contributed by atoms with Crippen LogP contribution < -0.4 is 16.0 Å². The first-order valence-corrected chi connectivity index (χ1v) is 21.6. The summed E-state index contributed by atoms with van der Waals surface area (Å²) in [7, 11) is 0. The highest BCUT2D eigenvalue weighted by molar-refractivity contribution is 6.36. The van der Waals surface area contributed by atoms with Crippen molar-refractivity contribution in [2.24, 2.45) is 5.92 Å². The van der Waals surface area contributed by atoms with Gasteiger partial charge in [-0.05, 0) is 70.5 Å².